The summed E-state index contributed by atoms with van der Waals surface area (Å²) in [5.74, 6) is -0.0947. The van der Waals surface area contributed by atoms with Crippen LogP contribution in [0.1, 0.15) is 23.7 Å². The predicted octanol–water partition coefficient (Wildman–Crippen LogP) is 1.47. The summed E-state index contributed by atoms with van der Waals surface area (Å²) in [5.41, 5.74) is 0.181. The van der Waals surface area contributed by atoms with E-state index in [1.54, 1.807) is 18.2 Å². The van der Waals surface area contributed by atoms with Crippen molar-refractivity contribution in [1.29, 1.82) is 0 Å². The summed E-state index contributed by atoms with van der Waals surface area (Å²) < 4.78 is 5.58. The van der Waals surface area contributed by atoms with Crippen molar-refractivity contribution in [1.82, 2.24) is 4.90 Å². The van der Waals surface area contributed by atoms with Gasteiger partial charge in [0, 0.05) is 12.6 Å². The van der Waals surface area contributed by atoms with Crippen LogP contribution in [0.25, 0.3) is 0 Å². The highest BCUT2D eigenvalue weighted by Crippen LogP contribution is 2.23. The summed E-state index contributed by atoms with van der Waals surface area (Å²) in [7, 11) is 0. The number of rotatable bonds is 6. The van der Waals surface area contributed by atoms with Gasteiger partial charge < -0.3 is 14.9 Å². The Morgan fingerprint density at radius 3 is 2.90 bits per heavy atom. The summed E-state index contributed by atoms with van der Waals surface area (Å²) >= 11 is 0. The van der Waals surface area contributed by atoms with Crippen molar-refractivity contribution < 1.29 is 19.7 Å². The summed E-state index contributed by atoms with van der Waals surface area (Å²) in [6, 6.07) is 6.83. The number of carbonyl (C=O) groups is 1. The lowest BCUT2D eigenvalue weighted by Gasteiger charge is -2.24. The van der Waals surface area contributed by atoms with Crippen LogP contribution in [0.5, 0.6) is 5.75 Å². The van der Waals surface area contributed by atoms with E-state index in [0.717, 1.165) is 13.0 Å². The Balaban J connectivity index is 1.89. The molecule has 1 aromatic carbocycles. The highest BCUT2D eigenvalue weighted by atomic mass is 16.5. The molecule has 0 spiro atoms. The molecule has 5 heteroatoms. The van der Waals surface area contributed by atoms with Gasteiger partial charge in [-0.3, -0.25) is 4.90 Å². The van der Waals surface area contributed by atoms with Crippen LogP contribution in [0, 0.1) is 5.92 Å². The molecule has 0 bridgehead atoms. The highest BCUT2D eigenvalue weighted by molar-refractivity contribution is 5.90. The molecule has 0 aromatic heterocycles. The van der Waals surface area contributed by atoms with Crippen molar-refractivity contribution in [3.63, 3.8) is 0 Å². The van der Waals surface area contributed by atoms with Crippen molar-refractivity contribution in [2.24, 2.45) is 5.92 Å². The molecule has 20 heavy (non-hydrogen) atoms. The number of likely N-dealkylation sites (tertiary alicyclic amines) is 1. The van der Waals surface area contributed by atoms with Gasteiger partial charge >= 0.3 is 5.97 Å². The summed E-state index contributed by atoms with van der Waals surface area (Å²) in [4.78, 5) is 13.3. The molecule has 0 radical (unpaired) electrons. The molecule has 1 aliphatic heterocycles. The van der Waals surface area contributed by atoms with Crippen LogP contribution in [0.4, 0.5) is 0 Å². The van der Waals surface area contributed by atoms with Crippen LogP contribution in [-0.4, -0.2) is 53.4 Å². The first-order valence-corrected chi connectivity index (χ1v) is 6.93. The van der Waals surface area contributed by atoms with E-state index < -0.39 is 5.97 Å². The minimum Gasteiger partial charge on any atom is -0.491 e. The number of hydrogen-bond acceptors (Lipinski definition) is 4. The monoisotopic (exact) mass is 279 g/mol. The first-order valence-electron chi connectivity index (χ1n) is 6.93. The highest BCUT2D eigenvalue weighted by Gasteiger charge is 2.30. The third-order valence-electron chi connectivity index (χ3n) is 3.94. The molecule has 0 amide bonds. The first-order chi connectivity index (χ1) is 9.63. The second-order valence-electron chi connectivity index (χ2n) is 5.20. The van der Waals surface area contributed by atoms with Gasteiger partial charge in [0.1, 0.15) is 17.9 Å². The number of aromatic carboxylic acids is 1. The van der Waals surface area contributed by atoms with E-state index in [-0.39, 0.29) is 18.2 Å². The third-order valence-corrected chi connectivity index (χ3v) is 3.94. The lowest BCUT2D eigenvalue weighted by atomic mass is 10.0. The van der Waals surface area contributed by atoms with Gasteiger partial charge in [0.2, 0.25) is 0 Å². The lowest BCUT2D eigenvalue weighted by Crippen LogP contribution is -2.37. The Bertz CT molecular complexity index is 463. The van der Waals surface area contributed by atoms with Crippen LogP contribution < -0.4 is 4.74 Å². The molecule has 1 heterocycles. The molecular weight excluding hydrogens is 258 g/mol. The second-order valence-corrected chi connectivity index (χ2v) is 5.20. The third kappa shape index (κ3) is 3.29. The Morgan fingerprint density at radius 2 is 2.20 bits per heavy atom. The normalized spacial score (nSPS) is 22.9. The number of hydrogen-bond donors (Lipinski definition) is 2. The van der Waals surface area contributed by atoms with Crippen LogP contribution in [0.2, 0.25) is 0 Å². The summed E-state index contributed by atoms with van der Waals surface area (Å²) in [5, 5.41) is 18.4. The van der Waals surface area contributed by atoms with E-state index in [1.807, 2.05) is 0 Å². The Labute approximate surface area is 118 Å². The van der Waals surface area contributed by atoms with Gasteiger partial charge in [0.15, 0.2) is 0 Å². The SMILES string of the molecule is CC1CCN(CCOc2ccccc2C(=O)O)C1CO. The molecule has 2 unspecified atom stereocenters. The fourth-order valence-electron chi connectivity index (χ4n) is 2.70. The number of carboxylic acids is 1. The molecular formula is C15H21NO4. The number of para-hydroxylation sites is 1. The number of benzene rings is 1. The van der Waals surface area contributed by atoms with Gasteiger partial charge in [0.25, 0.3) is 0 Å². The maximum Gasteiger partial charge on any atom is 0.339 e. The summed E-state index contributed by atoms with van der Waals surface area (Å²) in [6.45, 7) is 4.38. The van der Waals surface area contributed by atoms with Gasteiger partial charge in [-0.05, 0) is 31.0 Å². The standard InChI is InChI=1S/C15H21NO4/c1-11-6-7-16(13(11)10-17)8-9-20-14-5-3-2-4-12(14)15(18)19/h2-5,11,13,17H,6-10H2,1H3,(H,18,19). The Hall–Kier alpha value is -1.59. The zero-order valence-electron chi connectivity index (χ0n) is 11.7. The van der Waals surface area contributed by atoms with Gasteiger partial charge in [-0.2, -0.15) is 0 Å². The van der Waals surface area contributed by atoms with Crippen molar-refractivity contribution in [2.45, 2.75) is 19.4 Å². The van der Waals surface area contributed by atoms with Gasteiger partial charge in [-0.1, -0.05) is 19.1 Å². The van der Waals surface area contributed by atoms with Crippen molar-refractivity contribution in [3.05, 3.63) is 29.8 Å². The van der Waals surface area contributed by atoms with E-state index in [2.05, 4.69) is 11.8 Å². The molecule has 2 N–H and O–H groups in total. The van der Waals surface area contributed by atoms with E-state index in [1.165, 1.54) is 6.07 Å². The maximum atomic E-state index is 11.1. The fraction of sp³-hybridized carbons (Fsp3) is 0.533. The molecule has 2 rings (SSSR count). The Morgan fingerprint density at radius 1 is 1.45 bits per heavy atom. The lowest BCUT2D eigenvalue weighted by molar-refractivity contribution is 0.0691. The molecule has 1 fully saturated rings. The average molecular weight is 279 g/mol. The van der Waals surface area contributed by atoms with Gasteiger partial charge in [-0.25, -0.2) is 4.79 Å². The summed E-state index contributed by atoms with van der Waals surface area (Å²) in [6.07, 6.45) is 1.08. The number of aliphatic hydroxyl groups is 1. The molecule has 110 valence electrons. The molecule has 1 saturated heterocycles. The zero-order valence-corrected chi connectivity index (χ0v) is 11.7. The van der Waals surface area contributed by atoms with Crippen LogP contribution >= 0.6 is 0 Å². The molecule has 2 atom stereocenters. The van der Waals surface area contributed by atoms with Crippen LogP contribution in [0.15, 0.2) is 24.3 Å². The largest absolute Gasteiger partial charge is 0.491 e. The van der Waals surface area contributed by atoms with Crippen LogP contribution in [0.3, 0.4) is 0 Å². The van der Waals surface area contributed by atoms with Gasteiger partial charge in [0.05, 0.1) is 6.61 Å². The van der Waals surface area contributed by atoms with E-state index in [9.17, 15) is 9.90 Å². The maximum absolute atomic E-state index is 11.1. The molecule has 5 nitrogen and oxygen atoms in total. The van der Waals surface area contributed by atoms with Crippen molar-refractivity contribution in [3.8, 4) is 5.75 Å². The van der Waals surface area contributed by atoms with E-state index in [0.29, 0.717) is 24.8 Å². The Kier molecular flexibility index (Phi) is 4.98. The quantitative estimate of drug-likeness (QED) is 0.825. The van der Waals surface area contributed by atoms with Crippen molar-refractivity contribution >= 4 is 5.97 Å². The zero-order chi connectivity index (χ0) is 14.5. The number of carboxylic acid groups (broad SMARTS) is 1. The number of aliphatic hydroxyl groups excluding tert-OH is 1. The molecule has 1 aliphatic rings. The fourth-order valence-corrected chi connectivity index (χ4v) is 2.70. The minimum atomic E-state index is -0.983. The second kappa shape index (κ2) is 6.72. The first kappa shape index (κ1) is 14.8. The molecule has 0 aliphatic carbocycles. The average Bonchev–Trinajstić information content (AvgIpc) is 2.79. The number of ether oxygens (including phenoxy) is 1. The van der Waals surface area contributed by atoms with E-state index >= 15 is 0 Å². The number of nitrogens with zero attached hydrogens (tertiary/aromatic N) is 1. The molecule has 0 saturated carbocycles. The topological polar surface area (TPSA) is 70.0 Å². The smallest absolute Gasteiger partial charge is 0.339 e. The molecule has 1 aromatic rings. The van der Waals surface area contributed by atoms with Gasteiger partial charge in [-0.15, -0.1) is 0 Å². The minimum absolute atomic E-state index is 0.160. The predicted molar refractivity (Wildman–Crippen MR) is 75.1 cm³/mol. The van der Waals surface area contributed by atoms with Crippen molar-refractivity contribution in [2.75, 3.05) is 26.3 Å². The van der Waals surface area contributed by atoms with E-state index in [4.69, 9.17) is 9.84 Å². The van der Waals surface area contributed by atoms with Crippen LogP contribution in [-0.2, 0) is 0 Å².